The predicted octanol–water partition coefficient (Wildman–Crippen LogP) is 8.65. The second kappa shape index (κ2) is 19.8. The highest BCUT2D eigenvalue weighted by atomic mass is 31.2. The number of unbranched alkanes of at least 4 members (excludes halogenated alkanes) is 1. The number of para-hydroxylation sites is 1. The Morgan fingerprint density at radius 1 is 0.842 bits per heavy atom. The van der Waals surface area contributed by atoms with Gasteiger partial charge in [0.05, 0.1) is 32.0 Å². The molecule has 214 valence electrons. The fraction of sp³-hybridized carbons (Fsp3) is 0.567. The van der Waals surface area contributed by atoms with E-state index in [4.69, 9.17) is 18.3 Å². The van der Waals surface area contributed by atoms with Crippen LogP contribution in [0.4, 0.5) is 5.69 Å². The van der Waals surface area contributed by atoms with Gasteiger partial charge in [-0.05, 0) is 92.2 Å². The Morgan fingerprint density at radius 3 is 2.11 bits per heavy atom. The van der Waals surface area contributed by atoms with Gasteiger partial charge in [-0.3, -0.25) is 13.6 Å². The molecule has 0 aliphatic rings. The molecule has 0 aromatic heterocycles. The first-order valence-corrected chi connectivity index (χ1v) is 15.1. The van der Waals surface area contributed by atoms with Crippen LogP contribution in [-0.2, 0) is 22.9 Å². The van der Waals surface area contributed by atoms with Crippen LogP contribution in [0.3, 0.4) is 0 Å². The van der Waals surface area contributed by atoms with Crippen LogP contribution in [0.2, 0.25) is 0 Å². The first-order chi connectivity index (χ1) is 18.2. The van der Waals surface area contributed by atoms with E-state index in [9.17, 15) is 9.36 Å². The van der Waals surface area contributed by atoms with Gasteiger partial charge in [-0.1, -0.05) is 47.1 Å². The van der Waals surface area contributed by atoms with E-state index in [2.05, 4.69) is 51.2 Å². The highest BCUT2D eigenvalue weighted by Crippen LogP contribution is 2.49. The van der Waals surface area contributed by atoms with Gasteiger partial charge in [-0.25, -0.2) is 9.36 Å². The van der Waals surface area contributed by atoms with E-state index >= 15 is 0 Å². The van der Waals surface area contributed by atoms with Crippen molar-refractivity contribution < 1.29 is 27.7 Å². The molecule has 7 nitrogen and oxygen atoms in total. The molecule has 0 saturated heterocycles. The first-order valence-electron chi connectivity index (χ1n) is 13.7. The Bertz CT molecular complexity index is 955. The molecule has 0 aliphatic carbocycles. The van der Waals surface area contributed by atoms with Crippen molar-refractivity contribution in [3.05, 3.63) is 64.8 Å². The maximum atomic E-state index is 12.6. The van der Waals surface area contributed by atoms with Crippen LogP contribution >= 0.6 is 7.82 Å². The molecule has 1 aromatic rings. The van der Waals surface area contributed by atoms with Crippen LogP contribution in [0, 0.1) is 0 Å². The number of ether oxygens (including phenoxy) is 1. The fourth-order valence-electron chi connectivity index (χ4n) is 3.54. The molecule has 1 aromatic carbocycles. The van der Waals surface area contributed by atoms with Crippen molar-refractivity contribution in [2.24, 2.45) is 0 Å². The molecule has 1 rings (SSSR count). The SMILES string of the molecule is CCOP(=O)(OCC)OCCCCOC(=O)c1ccccc1NC/C=C(\C)CC/C=C(\C)CCC=C(C)C. The Kier molecular flexibility index (Phi) is 17.7. The van der Waals surface area contributed by atoms with E-state index in [0.29, 0.717) is 24.9 Å². The summed E-state index contributed by atoms with van der Waals surface area (Å²) in [5.41, 5.74) is 5.36. The molecule has 38 heavy (non-hydrogen) atoms. The summed E-state index contributed by atoms with van der Waals surface area (Å²) in [5, 5.41) is 3.34. The van der Waals surface area contributed by atoms with Gasteiger partial charge in [-0.15, -0.1) is 0 Å². The van der Waals surface area contributed by atoms with Gasteiger partial charge >= 0.3 is 13.8 Å². The number of phosphoric acid groups is 1. The van der Waals surface area contributed by atoms with E-state index < -0.39 is 7.82 Å². The summed E-state index contributed by atoms with van der Waals surface area (Å²) in [7, 11) is -3.50. The topological polar surface area (TPSA) is 83.1 Å². The number of benzene rings is 1. The summed E-state index contributed by atoms with van der Waals surface area (Å²) in [6.45, 7) is 13.6. The van der Waals surface area contributed by atoms with Crippen molar-refractivity contribution in [1.29, 1.82) is 0 Å². The summed E-state index contributed by atoms with van der Waals surface area (Å²) in [4.78, 5) is 12.6. The van der Waals surface area contributed by atoms with Crippen LogP contribution < -0.4 is 5.32 Å². The number of hydrogen-bond donors (Lipinski definition) is 1. The third-order valence-electron chi connectivity index (χ3n) is 5.61. The van der Waals surface area contributed by atoms with Crippen molar-refractivity contribution in [1.82, 2.24) is 0 Å². The molecule has 0 radical (unpaired) electrons. The average molecular weight is 550 g/mol. The minimum absolute atomic E-state index is 0.198. The lowest BCUT2D eigenvalue weighted by molar-refractivity contribution is 0.0489. The maximum Gasteiger partial charge on any atom is 0.474 e. The van der Waals surface area contributed by atoms with Crippen molar-refractivity contribution in [3.8, 4) is 0 Å². The predicted molar refractivity (Wildman–Crippen MR) is 157 cm³/mol. The van der Waals surface area contributed by atoms with E-state index in [1.54, 1.807) is 19.9 Å². The smallest absolute Gasteiger partial charge is 0.462 e. The average Bonchev–Trinajstić information content (AvgIpc) is 2.86. The van der Waals surface area contributed by atoms with Crippen LogP contribution in [0.5, 0.6) is 0 Å². The zero-order chi connectivity index (χ0) is 28.2. The van der Waals surface area contributed by atoms with Gasteiger partial charge in [0, 0.05) is 12.2 Å². The van der Waals surface area contributed by atoms with Crippen molar-refractivity contribution >= 4 is 19.5 Å². The second-order valence-electron chi connectivity index (χ2n) is 9.35. The van der Waals surface area contributed by atoms with E-state index in [0.717, 1.165) is 31.4 Å². The number of rotatable bonds is 20. The molecule has 0 unspecified atom stereocenters. The van der Waals surface area contributed by atoms with Gasteiger partial charge < -0.3 is 10.1 Å². The number of carbonyl (C=O) groups is 1. The van der Waals surface area contributed by atoms with Gasteiger partial charge in [0.1, 0.15) is 0 Å². The summed E-state index contributed by atoms with van der Waals surface area (Å²) >= 11 is 0. The lowest BCUT2D eigenvalue weighted by atomic mass is 10.1. The Labute approximate surface area is 230 Å². The van der Waals surface area contributed by atoms with Crippen LogP contribution in [0.15, 0.2) is 59.2 Å². The lowest BCUT2D eigenvalue weighted by Gasteiger charge is -2.16. The van der Waals surface area contributed by atoms with Crippen LogP contribution in [-0.4, -0.2) is 38.9 Å². The van der Waals surface area contributed by atoms with Crippen molar-refractivity contribution in [2.45, 2.75) is 80.1 Å². The quantitative estimate of drug-likeness (QED) is 0.0754. The molecule has 8 heteroatoms. The normalized spacial score (nSPS) is 12.4. The van der Waals surface area contributed by atoms with E-state index in [1.165, 1.54) is 16.7 Å². The molecule has 0 aliphatic heterocycles. The zero-order valence-electron chi connectivity index (χ0n) is 24.2. The van der Waals surface area contributed by atoms with Gasteiger partial charge in [0.25, 0.3) is 0 Å². The van der Waals surface area contributed by atoms with Gasteiger partial charge in [0.2, 0.25) is 0 Å². The van der Waals surface area contributed by atoms with Gasteiger partial charge in [0.15, 0.2) is 0 Å². The van der Waals surface area contributed by atoms with E-state index in [1.807, 2.05) is 18.2 Å². The standard InChI is InChI=1S/C30H48NO6P/c1-7-35-38(33,36-8-2)37-24-12-11-23-34-30(32)28-19-9-10-20-29(28)31-22-21-27(6)18-14-17-26(5)16-13-15-25(3)4/h9-10,15,17,19-21,31H,7-8,11-14,16,18,22-24H2,1-6H3/b26-17+,27-21+. The second-order valence-corrected chi connectivity index (χ2v) is 11.0. The number of allylic oxidation sites excluding steroid dienone is 5. The number of phosphoric ester groups is 1. The van der Waals surface area contributed by atoms with Gasteiger partial charge in [-0.2, -0.15) is 0 Å². The zero-order valence-corrected chi connectivity index (χ0v) is 25.1. The summed E-state index contributed by atoms with van der Waals surface area (Å²) in [6, 6.07) is 7.35. The molecular formula is C30H48NO6P. The molecule has 0 fully saturated rings. The first kappa shape index (κ1) is 33.8. The third kappa shape index (κ3) is 15.3. The minimum Gasteiger partial charge on any atom is -0.462 e. The molecular weight excluding hydrogens is 501 g/mol. The number of anilines is 1. The monoisotopic (exact) mass is 549 g/mol. The number of carbonyl (C=O) groups excluding carboxylic acids is 1. The molecule has 0 spiro atoms. The number of nitrogens with one attached hydrogen (secondary N) is 1. The fourth-order valence-corrected chi connectivity index (χ4v) is 4.75. The van der Waals surface area contributed by atoms with Crippen molar-refractivity contribution in [2.75, 3.05) is 38.3 Å². The Morgan fingerprint density at radius 2 is 1.45 bits per heavy atom. The number of hydrogen-bond acceptors (Lipinski definition) is 7. The molecule has 1 N–H and O–H groups in total. The lowest BCUT2D eigenvalue weighted by Crippen LogP contribution is -2.11. The Hall–Kier alpha value is -2.18. The number of esters is 1. The Balaban J connectivity index is 2.42. The third-order valence-corrected chi connectivity index (χ3v) is 7.26. The molecule has 0 saturated carbocycles. The van der Waals surface area contributed by atoms with Crippen molar-refractivity contribution in [3.63, 3.8) is 0 Å². The maximum absolute atomic E-state index is 12.6. The highest BCUT2D eigenvalue weighted by molar-refractivity contribution is 7.48. The molecule has 0 atom stereocenters. The summed E-state index contributed by atoms with van der Waals surface area (Å²) in [6.07, 6.45) is 12.2. The molecule has 0 bridgehead atoms. The van der Waals surface area contributed by atoms with Crippen LogP contribution in [0.1, 0.15) is 90.4 Å². The highest BCUT2D eigenvalue weighted by Gasteiger charge is 2.24. The molecule has 0 amide bonds. The summed E-state index contributed by atoms with van der Waals surface area (Å²) in [5.74, 6) is -0.377. The van der Waals surface area contributed by atoms with E-state index in [-0.39, 0.29) is 32.4 Å². The molecule has 0 heterocycles. The van der Waals surface area contributed by atoms with Crippen LogP contribution in [0.25, 0.3) is 0 Å². The largest absolute Gasteiger partial charge is 0.474 e. The summed E-state index contributed by atoms with van der Waals surface area (Å²) < 4.78 is 33.2. The minimum atomic E-state index is -3.50.